The van der Waals surface area contributed by atoms with Gasteiger partial charge in [-0.3, -0.25) is 0 Å². The second-order valence-electron chi connectivity index (χ2n) is 4.06. The monoisotopic (exact) mass is 214 g/mol. The van der Waals surface area contributed by atoms with Crippen LogP contribution in [0.25, 0.3) is 0 Å². The second kappa shape index (κ2) is 3.68. The van der Waals surface area contributed by atoms with Gasteiger partial charge in [0, 0.05) is 17.5 Å². The lowest BCUT2D eigenvalue weighted by atomic mass is 9.84. The van der Waals surface area contributed by atoms with Crippen molar-refractivity contribution in [3.8, 4) is 0 Å². The van der Waals surface area contributed by atoms with Crippen LogP contribution in [0.1, 0.15) is 6.42 Å². The van der Waals surface area contributed by atoms with Crippen LogP contribution in [-0.2, 0) is 4.74 Å². The van der Waals surface area contributed by atoms with E-state index in [9.17, 15) is 0 Å². The van der Waals surface area contributed by atoms with Gasteiger partial charge in [-0.2, -0.15) is 0 Å². The Balaban J connectivity index is 1.99. The van der Waals surface area contributed by atoms with Crippen molar-refractivity contribution in [2.45, 2.75) is 6.42 Å². The van der Waals surface area contributed by atoms with E-state index in [4.69, 9.17) is 10.5 Å². The van der Waals surface area contributed by atoms with Crippen molar-refractivity contribution in [1.29, 1.82) is 0 Å². The minimum atomic E-state index is 0.313. The first kappa shape index (κ1) is 9.48. The summed E-state index contributed by atoms with van der Waals surface area (Å²) in [6.45, 7) is 0.681. The third-order valence-corrected chi connectivity index (χ3v) is 3.10. The maximum Gasteiger partial charge on any atom is 0.130 e. The molecule has 0 saturated carbocycles. The van der Waals surface area contributed by atoms with E-state index in [1.165, 1.54) is 16.8 Å². The Kier molecular flexibility index (Phi) is 2.18. The van der Waals surface area contributed by atoms with Gasteiger partial charge in [0.05, 0.1) is 12.2 Å². The van der Waals surface area contributed by atoms with Crippen LogP contribution in [0.2, 0.25) is 0 Å². The number of hydrogen-bond acceptors (Lipinski definition) is 3. The summed E-state index contributed by atoms with van der Waals surface area (Å²) in [7, 11) is 0. The van der Waals surface area contributed by atoms with Gasteiger partial charge in [-0.1, -0.05) is 6.08 Å². The Morgan fingerprint density at radius 2 is 2.25 bits per heavy atom. The fourth-order valence-electron chi connectivity index (χ4n) is 2.38. The first-order valence-corrected chi connectivity index (χ1v) is 5.51. The summed E-state index contributed by atoms with van der Waals surface area (Å²) in [6.07, 6.45) is 12.8. The predicted molar refractivity (Wildman–Crippen MR) is 62.9 cm³/mol. The third-order valence-electron chi connectivity index (χ3n) is 3.10. The number of ether oxygens (including phenoxy) is 1. The van der Waals surface area contributed by atoms with E-state index in [1.807, 2.05) is 12.2 Å². The Bertz CT molecular complexity index is 466. The van der Waals surface area contributed by atoms with Crippen LogP contribution in [0.15, 0.2) is 59.4 Å². The van der Waals surface area contributed by atoms with E-state index in [0.717, 1.165) is 12.2 Å². The molecule has 0 radical (unpaired) electrons. The van der Waals surface area contributed by atoms with Crippen molar-refractivity contribution >= 4 is 0 Å². The van der Waals surface area contributed by atoms with Crippen molar-refractivity contribution < 1.29 is 4.74 Å². The van der Waals surface area contributed by atoms with Crippen LogP contribution in [0.3, 0.4) is 0 Å². The molecule has 1 atom stereocenters. The molecule has 2 aliphatic heterocycles. The summed E-state index contributed by atoms with van der Waals surface area (Å²) in [5, 5.41) is 3.30. The van der Waals surface area contributed by atoms with Gasteiger partial charge in [-0.15, -0.1) is 0 Å². The third kappa shape index (κ3) is 1.32. The molecule has 0 saturated heterocycles. The van der Waals surface area contributed by atoms with E-state index in [2.05, 4.69) is 23.7 Å². The van der Waals surface area contributed by atoms with Gasteiger partial charge in [0.2, 0.25) is 0 Å². The molecule has 0 aromatic heterocycles. The van der Waals surface area contributed by atoms with Gasteiger partial charge in [0.25, 0.3) is 0 Å². The minimum absolute atomic E-state index is 0.313. The van der Waals surface area contributed by atoms with Crippen molar-refractivity contribution in [1.82, 2.24) is 5.32 Å². The van der Waals surface area contributed by atoms with Crippen LogP contribution in [0.4, 0.5) is 0 Å². The SMILES string of the molecule is NCCC1=CNC2=CC=C3OC=CC=C3C12. The summed E-state index contributed by atoms with van der Waals surface area (Å²) < 4.78 is 5.50. The summed E-state index contributed by atoms with van der Waals surface area (Å²) in [4.78, 5) is 0. The average Bonchev–Trinajstić information content (AvgIpc) is 2.73. The van der Waals surface area contributed by atoms with Crippen molar-refractivity contribution in [2.24, 2.45) is 11.7 Å². The van der Waals surface area contributed by atoms with Crippen LogP contribution in [-0.4, -0.2) is 6.54 Å². The van der Waals surface area contributed by atoms with Gasteiger partial charge >= 0.3 is 0 Å². The maximum atomic E-state index is 5.63. The van der Waals surface area contributed by atoms with E-state index in [-0.39, 0.29) is 0 Å². The lowest BCUT2D eigenvalue weighted by molar-refractivity contribution is 0.348. The van der Waals surface area contributed by atoms with E-state index >= 15 is 0 Å². The topological polar surface area (TPSA) is 47.3 Å². The van der Waals surface area contributed by atoms with Gasteiger partial charge in [-0.25, -0.2) is 0 Å². The zero-order chi connectivity index (χ0) is 11.0. The summed E-state index contributed by atoms with van der Waals surface area (Å²) >= 11 is 0. The maximum absolute atomic E-state index is 5.63. The van der Waals surface area contributed by atoms with Crippen molar-refractivity contribution in [3.63, 3.8) is 0 Å². The molecule has 0 aromatic rings. The highest BCUT2D eigenvalue weighted by molar-refractivity contribution is 5.52. The quantitative estimate of drug-likeness (QED) is 0.735. The lowest BCUT2D eigenvalue weighted by Gasteiger charge is -2.25. The first-order valence-electron chi connectivity index (χ1n) is 5.51. The van der Waals surface area contributed by atoms with Crippen LogP contribution < -0.4 is 11.1 Å². The van der Waals surface area contributed by atoms with Crippen LogP contribution in [0, 0.1) is 5.92 Å². The van der Waals surface area contributed by atoms with Gasteiger partial charge in [0.15, 0.2) is 0 Å². The zero-order valence-corrected chi connectivity index (χ0v) is 8.94. The molecule has 82 valence electrons. The molecule has 16 heavy (non-hydrogen) atoms. The number of nitrogens with one attached hydrogen (secondary N) is 1. The summed E-state index contributed by atoms with van der Waals surface area (Å²) in [6, 6.07) is 0. The van der Waals surface area contributed by atoms with Crippen molar-refractivity contribution in [3.05, 3.63) is 59.4 Å². The fraction of sp³-hybridized carbons (Fsp3) is 0.231. The van der Waals surface area contributed by atoms with Gasteiger partial charge in [0.1, 0.15) is 5.76 Å². The standard InChI is InChI=1S/C13H14N2O/c14-6-5-9-8-15-11-3-4-12-10(13(9)11)2-1-7-16-12/h1-4,7-8,13,15H,5-6,14H2. The molecule has 1 unspecified atom stereocenters. The molecule has 0 amide bonds. The highest BCUT2D eigenvalue weighted by Crippen LogP contribution is 2.40. The molecule has 0 bridgehead atoms. The molecule has 0 fully saturated rings. The van der Waals surface area contributed by atoms with Crippen LogP contribution >= 0.6 is 0 Å². The van der Waals surface area contributed by atoms with Crippen molar-refractivity contribution in [2.75, 3.05) is 6.54 Å². The number of hydrogen-bond donors (Lipinski definition) is 2. The number of allylic oxidation sites excluding steroid dienone is 6. The number of fused-ring (bicyclic) bond motifs is 3. The predicted octanol–water partition coefficient (Wildman–Crippen LogP) is 1.69. The molecule has 3 heteroatoms. The molecule has 3 aliphatic rings. The molecular formula is C13H14N2O. The fourth-order valence-corrected chi connectivity index (χ4v) is 2.38. The van der Waals surface area contributed by atoms with Gasteiger partial charge in [-0.05, 0) is 36.8 Å². The molecule has 3 rings (SSSR count). The molecule has 0 aromatic carbocycles. The van der Waals surface area contributed by atoms with Crippen LogP contribution in [0.5, 0.6) is 0 Å². The minimum Gasteiger partial charge on any atom is -0.465 e. The van der Waals surface area contributed by atoms with E-state index < -0.39 is 0 Å². The zero-order valence-electron chi connectivity index (χ0n) is 8.94. The highest BCUT2D eigenvalue weighted by Gasteiger charge is 2.32. The summed E-state index contributed by atoms with van der Waals surface area (Å²) in [5.74, 6) is 1.26. The molecular weight excluding hydrogens is 200 g/mol. The highest BCUT2D eigenvalue weighted by atomic mass is 16.5. The molecule has 3 nitrogen and oxygen atoms in total. The smallest absolute Gasteiger partial charge is 0.130 e. The largest absolute Gasteiger partial charge is 0.465 e. The number of rotatable bonds is 2. The Morgan fingerprint density at radius 3 is 3.12 bits per heavy atom. The van der Waals surface area contributed by atoms with E-state index in [0.29, 0.717) is 12.5 Å². The first-order chi connectivity index (χ1) is 7.90. The van der Waals surface area contributed by atoms with E-state index in [1.54, 1.807) is 6.26 Å². The number of nitrogens with two attached hydrogens (primary N) is 1. The molecule has 1 aliphatic carbocycles. The Morgan fingerprint density at radius 1 is 1.31 bits per heavy atom. The summed E-state index contributed by atoms with van der Waals surface area (Å²) in [5.41, 5.74) is 9.41. The van der Waals surface area contributed by atoms with Gasteiger partial charge < -0.3 is 15.8 Å². The molecule has 0 spiro atoms. The molecule has 2 heterocycles. The normalized spacial score (nSPS) is 25.4. The average molecular weight is 214 g/mol. The Labute approximate surface area is 94.7 Å². The second-order valence-corrected chi connectivity index (χ2v) is 4.06. The molecule has 3 N–H and O–H groups in total. The lowest BCUT2D eigenvalue weighted by Crippen LogP contribution is -2.18. The Hall–Kier alpha value is -1.74.